The van der Waals surface area contributed by atoms with Crippen molar-refractivity contribution in [3.05, 3.63) is 70.7 Å². The quantitative estimate of drug-likeness (QED) is 0.473. The van der Waals surface area contributed by atoms with Gasteiger partial charge in [-0.05, 0) is 48.9 Å². The lowest BCUT2D eigenvalue weighted by Crippen LogP contribution is -2.16. The Balaban J connectivity index is 1.90. The molecule has 0 saturated carbocycles. The number of methoxy groups -OCH3 is 3. The van der Waals surface area contributed by atoms with Gasteiger partial charge in [0.2, 0.25) is 0 Å². The van der Waals surface area contributed by atoms with E-state index in [-0.39, 0.29) is 21.2 Å². The predicted molar refractivity (Wildman–Crippen MR) is 127 cm³/mol. The molecule has 0 radical (unpaired) electrons. The first-order valence-corrected chi connectivity index (χ1v) is 11.6. The van der Waals surface area contributed by atoms with Crippen molar-refractivity contribution >= 4 is 38.9 Å². The third kappa shape index (κ3) is 5.32. The van der Waals surface area contributed by atoms with Crippen molar-refractivity contribution in [1.29, 1.82) is 0 Å². The second-order valence-electron chi connectivity index (χ2n) is 6.93. The van der Waals surface area contributed by atoms with Crippen LogP contribution >= 0.6 is 11.6 Å². The van der Waals surface area contributed by atoms with Crippen LogP contribution in [-0.4, -0.2) is 35.7 Å². The van der Waals surface area contributed by atoms with Crippen LogP contribution < -0.4 is 24.2 Å². The van der Waals surface area contributed by atoms with Gasteiger partial charge in [0.25, 0.3) is 15.9 Å². The fourth-order valence-electron chi connectivity index (χ4n) is 3.15. The van der Waals surface area contributed by atoms with Crippen LogP contribution in [0.5, 0.6) is 17.2 Å². The molecule has 1 amide bonds. The number of ether oxygens (including phenoxy) is 3. The summed E-state index contributed by atoms with van der Waals surface area (Å²) in [6.07, 6.45) is 0. The number of anilines is 2. The summed E-state index contributed by atoms with van der Waals surface area (Å²) < 4.78 is 44.3. The molecule has 3 aromatic rings. The molecule has 3 rings (SSSR count). The minimum atomic E-state index is -3.96. The van der Waals surface area contributed by atoms with Crippen molar-refractivity contribution < 1.29 is 27.4 Å². The first-order valence-electron chi connectivity index (χ1n) is 9.69. The van der Waals surface area contributed by atoms with Crippen molar-refractivity contribution in [2.75, 3.05) is 31.4 Å². The van der Waals surface area contributed by atoms with E-state index in [4.69, 9.17) is 25.8 Å². The van der Waals surface area contributed by atoms with Gasteiger partial charge >= 0.3 is 0 Å². The summed E-state index contributed by atoms with van der Waals surface area (Å²) in [7, 11) is 0.362. The summed E-state index contributed by atoms with van der Waals surface area (Å²) in [4.78, 5) is 12.8. The van der Waals surface area contributed by atoms with E-state index < -0.39 is 15.9 Å². The summed E-state index contributed by atoms with van der Waals surface area (Å²) >= 11 is 6.19. The van der Waals surface area contributed by atoms with Gasteiger partial charge in [0.1, 0.15) is 5.75 Å². The molecule has 2 N–H and O–H groups in total. The third-order valence-electron chi connectivity index (χ3n) is 4.78. The number of carbonyl (C=O) groups excluding carboxylic acids is 1. The second-order valence-corrected chi connectivity index (χ2v) is 8.99. The number of hydrogen-bond acceptors (Lipinski definition) is 6. The van der Waals surface area contributed by atoms with Crippen LogP contribution in [-0.2, 0) is 10.0 Å². The average Bonchev–Trinajstić information content (AvgIpc) is 2.79. The maximum Gasteiger partial charge on any atom is 0.262 e. The van der Waals surface area contributed by atoms with Gasteiger partial charge in [0.15, 0.2) is 11.5 Å². The molecule has 10 heteroatoms. The van der Waals surface area contributed by atoms with Crippen molar-refractivity contribution in [1.82, 2.24) is 0 Å². The Labute approximate surface area is 197 Å². The normalized spacial score (nSPS) is 10.9. The highest BCUT2D eigenvalue weighted by Gasteiger charge is 2.21. The Kier molecular flexibility index (Phi) is 7.35. The molecule has 0 unspecified atom stereocenters. The standard InChI is InChI=1S/C23H23ClN2O6S/c1-14-9-10-16(25-23(27)15-11-17(24)22(32-4)20(12-15)31-3)13-21(14)33(28,29)26-18-7-5-6-8-19(18)30-2/h5-13,26H,1-4H3,(H,25,27). The van der Waals surface area contributed by atoms with Crippen LogP contribution in [0, 0.1) is 6.92 Å². The summed E-state index contributed by atoms with van der Waals surface area (Å²) in [5.74, 6) is 0.487. The Bertz CT molecular complexity index is 1290. The van der Waals surface area contributed by atoms with Gasteiger partial charge in [-0.1, -0.05) is 29.8 Å². The number of amides is 1. The van der Waals surface area contributed by atoms with E-state index in [1.54, 1.807) is 43.3 Å². The molecule has 0 heterocycles. The molecule has 0 bridgehead atoms. The van der Waals surface area contributed by atoms with Gasteiger partial charge in [-0.3, -0.25) is 9.52 Å². The molecule has 174 valence electrons. The molecule has 0 aliphatic rings. The lowest BCUT2D eigenvalue weighted by Gasteiger charge is -2.15. The van der Waals surface area contributed by atoms with Crippen LogP contribution in [0.15, 0.2) is 59.5 Å². The largest absolute Gasteiger partial charge is 0.495 e. The third-order valence-corrected chi connectivity index (χ3v) is 6.57. The topological polar surface area (TPSA) is 103 Å². The van der Waals surface area contributed by atoms with Crippen LogP contribution in [0.25, 0.3) is 0 Å². The lowest BCUT2D eigenvalue weighted by atomic mass is 10.1. The molecule has 0 aliphatic carbocycles. The lowest BCUT2D eigenvalue weighted by molar-refractivity contribution is 0.102. The predicted octanol–water partition coefficient (Wildman–Crippen LogP) is 4.73. The Morgan fingerprint density at radius 3 is 2.27 bits per heavy atom. The van der Waals surface area contributed by atoms with E-state index >= 15 is 0 Å². The highest BCUT2D eigenvalue weighted by molar-refractivity contribution is 7.92. The molecule has 0 aromatic heterocycles. The summed E-state index contributed by atoms with van der Waals surface area (Å²) in [6, 6.07) is 14.2. The monoisotopic (exact) mass is 490 g/mol. The van der Waals surface area contributed by atoms with Gasteiger partial charge in [-0.25, -0.2) is 8.42 Å². The van der Waals surface area contributed by atoms with Crippen molar-refractivity contribution in [3.63, 3.8) is 0 Å². The molecule has 0 spiro atoms. The smallest absolute Gasteiger partial charge is 0.262 e. The van der Waals surface area contributed by atoms with E-state index in [0.717, 1.165) is 0 Å². The van der Waals surface area contributed by atoms with Gasteiger partial charge in [0.05, 0.1) is 36.9 Å². The molecule has 3 aromatic carbocycles. The number of carbonyl (C=O) groups is 1. The Hall–Kier alpha value is -3.43. The van der Waals surface area contributed by atoms with E-state index in [1.165, 1.54) is 39.5 Å². The van der Waals surface area contributed by atoms with Gasteiger partial charge in [0, 0.05) is 11.3 Å². The van der Waals surface area contributed by atoms with E-state index in [1.807, 2.05) is 0 Å². The minimum absolute atomic E-state index is 0.0107. The molecule has 0 fully saturated rings. The van der Waals surface area contributed by atoms with E-state index in [0.29, 0.717) is 28.5 Å². The fraction of sp³-hybridized carbons (Fsp3) is 0.174. The number of hydrogen-bond donors (Lipinski definition) is 2. The molecule has 0 saturated heterocycles. The highest BCUT2D eigenvalue weighted by atomic mass is 35.5. The Morgan fingerprint density at radius 2 is 1.61 bits per heavy atom. The maximum absolute atomic E-state index is 13.1. The van der Waals surface area contributed by atoms with Gasteiger partial charge < -0.3 is 19.5 Å². The first-order chi connectivity index (χ1) is 15.7. The van der Waals surface area contributed by atoms with E-state index in [9.17, 15) is 13.2 Å². The molecule has 8 nitrogen and oxygen atoms in total. The second kappa shape index (κ2) is 10.0. The zero-order valence-electron chi connectivity index (χ0n) is 18.4. The van der Waals surface area contributed by atoms with Gasteiger partial charge in [-0.15, -0.1) is 0 Å². The van der Waals surface area contributed by atoms with Gasteiger partial charge in [-0.2, -0.15) is 0 Å². The van der Waals surface area contributed by atoms with Crippen LogP contribution in [0.1, 0.15) is 15.9 Å². The number of nitrogens with one attached hydrogen (secondary N) is 2. The Morgan fingerprint density at radius 1 is 0.909 bits per heavy atom. The number of halogens is 1. The molecule has 0 atom stereocenters. The zero-order chi connectivity index (χ0) is 24.2. The van der Waals surface area contributed by atoms with Crippen LogP contribution in [0.2, 0.25) is 5.02 Å². The number of benzene rings is 3. The number of aryl methyl sites for hydroxylation is 1. The van der Waals surface area contributed by atoms with E-state index in [2.05, 4.69) is 10.0 Å². The molecular weight excluding hydrogens is 468 g/mol. The fourth-order valence-corrected chi connectivity index (χ4v) is 4.78. The van der Waals surface area contributed by atoms with Crippen molar-refractivity contribution in [2.45, 2.75) is 11.8 Å². The highest BCUT2D eigenvalue weighted by Crippen LogP contribution is 2.36. The summed E-state index contributed by atoms with van der Waals surface area (Å²) in [6.45, 7) is 1.66. The zero-order valence-corrected chi connectivity index (χ0v) is 20.0. The van der Waals surface area contributed by atoms with Crippen LogP contribution in [0.3, 0.4) is 0 Å². The average molecular weight is 491 g/mol. The number of para-hydroxylation sites is 2. The summed E-state index contributed by atoms with van der Waals surface area (Å²) in [5.41, 5.74) is 1.31. The first kappa shape index (κ1) is 24.2. The molecular formula is C23H23ClN2O6S. The molecule has 0 aliphatic heterocycles. The molecule has 33 heavy (non-hydrogen) atoms. The van der Waals surface area contributed by atoms with Crippen molar-refractivity contribution in [3.8, 4) is 17.2 Å². The number of rotatable bonds is 8. The summed E-state index contributed by atoms with van der Waals surface area (Å²) in [5, 5.41) is 2.89. The van der Waals surface area contributed by atoms with Crippen molar-refractivity contribution in [2.24, 2.45) is 0 Å². The van der Waals surface area contributed by atoms with Crippen LogP contribution in [0.4, 0.5) is 11.4 Å². The number of sulfonamides is 1. The minimum Gasteiger partial charge on any atom is -0.495 e. The SMILES string of the molecule is COc1ccccc1NS(=O)(=O)c1cc(NC(=O)c2cc(Cl)c(OC)c(OC)c2)ccc1C. The maximum atomic E-state index is 13.1.